The van der Waals surface area contributed by atoms with Crippen molar-refractivity contribution in [2.75, 3.05) is 6.54 Å². The van der Waals surface area contributed by atoms with E-state index < -0.39 is 12.0 Å². The SMILES string of the molecule is Cc1cccc(CC(=O)N2CCC[C@@H]2C(=O)O)c1. The molecule has 1 aliphatic rings. The Morgan fingerprint density at radius 1 is 1.44 bits per heavy atom. The van der Waals surface area contributed by atoms with Crippen LogP contribution in [0.3, 0.4) is 0 Å². The molecule has 96 valence electrons. The highest BCUT2D eigenvalue weighted by Crippen LogP contribution is 2.19. The number of aryl methyl sites for hydroxylation is 1. The second-order valence-electron chi connectivity index (χ2n) is 4.75. The van der Waals surface area contributed by atoms with E-state index in [0.29, 0.717) is 13.0 Å². The van der Waals surface area contributed by atoms with Gasteiger partial charge in [-0.2, -0.15) is 0 Å². The van der Waals surface area contributed by atoms with Crippen molar-refractivity contribution in [3.8, 4) is 0 Å². The van der Waals surface area contributed by atoms with E-state index in [0.717, 1.165) is 17.5 Å². The first-order chi connectivity index (χ1) is 8.58. The average molecular weight is 247 g/mol. The zero-order valence-corrected chi connectivity index (χ0v) is 10.4. The van der Waals surface area contributed by atoms with Gasteiger partial charge in [0.15, 0.2) is 0 Å². The van der Waals surface area contributed by atoms with Crippen molar-refractivity contribution >= 4 is 11.9 Å². The van der Waals surface area contributed by atoms with Gasteiger partial charge in [0, 0.05) is 6.54 Å². The lowest BCUT2D eigenvalue weighted by Gasteiger charge is -2.21. The Morgan fingerprint density at radius 2 is 2.22 bits per heavy atom. The van der Waals surface area contributed by atoms with Gasteiger partial charge in [0.1, 0.15) is 6.04 Å². The van der Waals surface area contributed by atoms with Crippen molar-refractivity contribution in [1.82, 2.24) is 4.90 Å². The highest BCUT2D eigenvalue weighted by atomic mass is 16.4. The van der Waals surface area contributed by atoms with Gasteiger partial charge in [0.2, 0.25) is 5.91 Å². The third-order valence-corrected chi connectivity index (χ3v) is 3.30. The molecule has 1 aromatic carbocycles. The molecular weight excluding hydrogens is 230 g/mol. The molecule has 4 heteroatoms. The number of carboxylic acids is 1. The molecular formula is C14H17NO3. The summed E-state index contributed by atoms with van der Waals surface area (Å²) in [7, 11) is 0. The van der Waals surface area contributed by atoms with Crippen LogP contribution in [-0.4, -0.2) is 34.5 Å². The van der Waals surface area contributed by atoms with E-state index in [1.54, 1.807) is 0 Å². The summed E-state index contributed by atoms with van der Waals surface area (Å²) in [6.45, 7) is 2.53. The molecule has 0 spiro atoms. The Balaban J connectivity index is 2.06. The summed E-state index contributed by atoms with van der Waals surface area (Å²) in [6, 6.07) is 7.11. The van der Waals surface area contributed by atoms with Crippen LogP contribution in [0.25, 0.3) is 0 Å². The number of carboxylic acid groups (broad SMARTS) is 1. The monoisotopic (exact) mass is 247 g/mol. The van der Waals surface area contributed by atoms with Gasteiger partial charge in [0.25, 0.3) is 0 Å². The first-order valence-corrected chi connectivity index (χ1v) is 6.16. The Hall–Kier alpha value is -1.84. The van der Waals surface area contributed by atoms with Crippen LogP contribution < -0.4 is 0 Å². The van der Waals surface area contributed by atoms with Crippen LogP contribution in [-0.2, 0) is 16.0 Å². The number of likely N-dealkylation sites (tertiary alicyclic amines) is 1. The van der Waals surface area contributed by atoms with Crippen LogP contribution in [0.5, 0.6) is 0 Å². The number of hydrogen-bond acceptors (Lipinski definition) is 2. The van der Waals surface area contributed by atoms with Crippen molar-refractivity contribution in [3.63, 3.8) is 0 Å². The van der Waals surface area contributed by atoms with Crippen LogP contribution in [0, 0.1) is 6.92 Å². The Morgan fingerprint density at radius 3 is 2.89 bits per heavy atom. The fourth-order valence-corrected chi connectivity index (χ4v) is 2.42. The molecule has 1 N–H and O–H groups in total. The molecule has 1 heterocycles. The van der Waals surface area contributed by atoms with Crippen molar-refractivity contribution < 1.29 is 14.7 Å². The number of hydrogen-bond donors (Lipinski definition) is 1. The predicted molar refractivity (Wildman–Crippen MR) is 67.3 cm³/mol. The highest BCUT2D eigenvalue weighted by Gasteiger charge is 2.33. The number of nitrogens with zero attached hydrogens (tertiary/aromatic N) is 1. The molecule has 18 heavy (non-hydrogen) atoms. The van der Waals surface area contributed by atoms with Crippen molar-refractivity contribution in [1.29, 1.82) is 0 Å². The lowest BCUT2D eigenvalue weighted by molar-refractivity contribution is -0.148. The Kier molecular flexibility index (Phi) is 3.65. The van der Waals surface area contributed by atoms with Gasteiger partial charge in [0.05, 0.1) is 6.42 Å². The molecule has 1 fully saturated rings. The molecule has 1 aromatic rings. The lowest BCUT2D eigenvalue weighted by Crippen LogP contribution is -2.41. The zero-order valence-electron chi connectivity index (χ0n) is 10.4. The van der Waals surface area contributed by atoms with Crippen LogP contribution in [0.2, 0.25) is 0 Å². The quantitative estimate of drug-likeness (QED) is 0.882. The third kappa shape index (κ3) is 2.70. The summed E-state index contributed by atoms with van der Waals surface area (Å²) < 4.78 is 0. The van der Waals surface area contributed by atoms with Crippen LogP contribution in [0.4, 0.5) is 0 Å². The zero-order chi connectivity index (χ0) is 13.1. The van der Waals surface area contributed by atoms with E-state index in [2.05, 4.69) is 0 Å². The molecule has 1 saturated heterocycles. The fraction of sp³-hybridized carbons (Fsp3) is 0.429. The van der Waals surface area contributed by atoms with Gasteiger partial charge in [-0.25, -0.2) is 4.79 Å². The van der Waals surface area contributed by atoms with E-state index in [-0.39, 0.29) is 12.3 Å². The van der Waals surface area contributed by atoms with E-state index in [1.165, 1.54) is 4.90 Å². The second kappa shape index (κ2) is 5.21. The van der Waals surface area contributed by atoms with Crippen molar-refractivity contribution in [2.24, 2.45) is 0 Å². The molecule has 2 rings (SSSR count). The normalized spacial score (nSPS) is 18.9. The molecule has 1 amide bonds. The summed E-state index contributed by atoms with van der Waals surface area (Å²) >= 11 is 0. The van der Waals surface area contributed by atoms with Gasteiger partial charge in [-0.15, -0.1) is 0 Å². The maximum atomic E-state index is 12.1. The number of rotatable bonds is 3. The fourth-order valence-electron chi connectivity index (χ4n) is 2.42. The van der Waals surface area contributed by atoms with E-state index in [4.69, 9.17) is 5.11 Å². The number of carbonyl (C=O) groups is 2. The van der Waals surface area contributed by atoms with Crippen molar-refractivity contribution in [2.45, 2.75) is 32.2 Å². The molecule has 0 unspecified atom stereocenters. The van der Waals surface area contributed by atoms with Crippen molar-refractivity contribution in [3.05, 3.63) is 35.4 Å². The van der Waals surface area contributed by atoms with Gasteiger partial charge in [-0.1, -0.05) is 29.8 Å². The summed E-state index contributed by atoms with van der Waals surface area (Å²) in [5.41, 5.74) is 2.05. The lowest BCUT2D eigenvalue weighted by atomic mass is 10.1. The average Bonchev–Trinajstić information content (AvgIpc) is 2.77. The van der Waals surface area contributed by atoms with Gasteiger partial charge < -0.3 is 10.0 Å². The summed E-state index contributed by atoms with van der Waals surface area (Å²) in [4.78, 5) is 24.6. The largest absolute Gasteiger partial charge is 0.480 e. The minimum Gasteiger partial charge on any atom is -0.480 e. The Bertz CT molecular complexity index is 470. The molecule has 0 bridgehead atoms. The maximum Gasteiger partial charge on any atom is 0.326 e. The second-order valence-corrected chi connectivity index (χ2v) is 4.75. The number of benzene rings is 1. The van der Waals surface area contributed by atoms with Gasteiger partial charge in [-0.05, 0) is 25.3 Å². The number of carbonyl (C=O) groups excluding carboxylic acids is 1. The maximum absolute atomic E-state index is 12.1. The summed E-state index contributed by atoms with van der Waals surface area (Å²) in [5, 5.41) is 9.05. The molecule has 1 aliphatic heterocycles. The van der Waals surface area contributed by atoms with Crippen LogP contribution in [0.1, 0.15) is 24.0 Å². The smallest absolute Gasteiger partial charge is 0.326 e. The highest BCUT2D eigenvalue weighted by molar-refractivity contribution is 5.85. The molecule has 0 aromatic heterocycles. The molecule has 0 saturated carbocycles. The van der Waals surface area contributed by atoms with E-state index in [9.17, 15) is 9.59 Å². The van der Waals surface area contributed by atoms with Crippen LogP contribution in [0.15, 0.2) is 24.3 Å². The van der Waals surface area contributed by atoms with E-state index in [1.807, 2.05) is 31.2 Å². The summed E-state index contributed by atoms with van der Waals surface area (Å²) in [5.74, 6) is -0.990. The molecule has 1 atom stereocenters. The molecule has 0 radical (unpaired) electrons. The van der Waals surface area contributed by atoms with Gasteiger partial charge >= 0.3 is 5.97 Å². The molecule has 0 aliphatic carbocycles. The Labute approximate surface area is 106 Å². The van der Waals surface area contributed by atoms with Gasteiger partial charge in [-0.3, -0.25) is 4.79 Å². The minimum absolute atomic E-state index is 0.0921. The number of aliphatic carboxylic acids is 1. The van der Waals surface area contributed by atoms with E-state index >= 15 is 0 Å². The third-order valence-electron chi connectivity index (χ3n) is 3.30. The predicted octanol–water partition coefficient (Wildman–Crippen LogP) is 1.61. The molecule has 4 nitrogen and oxygen atoms in total. The number of amides is 1. The topological polar surface area (TPSA) is 57.6 Å². The van der Waals surface area contributed by atoms with Crippen LogP contribution >= 0.6 is 0 Å². The standard InChI is InChI=1S/C14H17NO3/c1-10-4-2-5-11(8-10)9-13(16)15-7-3-6-12(15)14(17)18/h2,4-5,8,12H,3,6-7,9H2,1H3,(H,17,18)/t12-/m1/s1. The minimum atomic E-state index is -0.898. The first-order valence-electron chi connectivity index (χ1n) is 6.16. The first kappa shape index (κ1) is 12.6. The summed E-state index contributed by atoms with van der Waals surface area (Å²) in [6.07, 6.45) is 1.62.